The molecule has 150 valence electrons. The topological polar surface area (TPSA) is 69.4 Å². The number of hydrogen-bond donors (Lipinski definition) is 1. The molecule has 4 rings (SSSR count). The second kappa shape index (κ2) is 6.93. The maximum atomic E-state index is 11.5. The normalized spacial score (nSPS) is 32.7. The molecule has 0 amide bonds. The summed E-state index contributed by atoms with van der Waals surface area (Å²) in [5, 5.41) is 5.11. The summed E-state index contributed by atoms with van der Waals surface area (Å²) in [5.74, 6) is 8.10. The van der Waals surface area contributed by atoms with Crippen molar-refractivity contribution in [3.8, 4) is 17.6 Å². The Balaban J connectivity index is 1.74. The molecule has 2 N–H and O–H groups in total. The van der Waals surface area contributed by atoms with Crippen LogP contribution in [0.4, 0.5) is 0 Å². The minimum absolute atomic E-state index is 0.256. The standard InChI is InChI=1S/C23H29NO3S/c1-4-6-16-13-20-15(14-22(16)27-28(24,25)26)7-9-19-18(20)11-12-23(3)17(5-2)8-10-21(19)23/h5,13-14,18-19,21H,7-12H2,1-3H3,(H2,24,25,26)/b17-5-. The van der Waals surface area contributed by atoms with Crippen molar-refractivity contribution in [2.75, 3.05) is 0 Å². The van der Waals surface area contributed by atoms with Gasteiger partial charge in [-0.05, 0) is 98.8 Å². The van der Waals surface area contributed by atoms with E-state index in [-0.39, 0.29) is 5.75 Å². The predicted molar refractivity (Wildman–Crippen MR) is 111 cm³/mol. The summed E-state index contributed by atoms with van der Waals surface area (Å²) in [5.41, 5.74) is 5.15. The molecule has 2 fully saturated rings. The second-order valence-electron chi connectivity index (χ2n) is 8.72. The molecule has 1 aromatic rings. The van der Waals surface area contributed by atoms with Crippen molar-refractivity contribution in [1.29, 1.82) is 0 Å². The van der Waals surface area contributed by atoms with Gasteiger partial charge in [-0.1, -0.05) is 24.5 Å². The molecule has 0 aliphatic heterocycles. The van der Waals surface area contributed by atoms with Crippen molar-refractivity contribution in [3.05, 3.63) is 40.5 Å². The van der Waals surface area contributed by atoms with Gasteiger partial charge in [-0.2, -0.15) is 13.6 Å². The quantitative estimate of drug-likeness (QED) is 0.590. The molecular weight excluding hydrogens is 370 g/mol. The maximum Gasteiger partial charge on any atom is 0.380 e. The minimum Gasteiger partial charge on any atom is -0.370 e. The Morgan fingerprint density at radius 2 is 2.04 bits per heavy atom. The van der Waals surface area contributed by atoms with Crippen LogP contribution in [0.2, 0.25) is 0 Å². The molecule has 4 unspecified atom stereocenters. The molecule has 0 saturated heterocycles. The molecule has 0 spiro atoms. The molecule has 3 aliphatic rings. The summed E-state index contributed by atoms with van der Waals surface area (Å²) in [6.07, 6.45) is 9.39. The number of hydrogen-bond acceptors (Lipinski definition) is 3. The van der Waals surface area contributed by atoms with Gasteiger partial charge < -0.3 is 4.18 Å². The smallest absolute Gasteiger partial charge is 0.370 e. The lowest BCUT2D eigenvalue weighted by molar-refractivity contribution is 0.0813. The van der Waals surface area contributed by atoms with Crippen LogP contribution in [0.25, 0.3) is 0 Å². The third-order valence-corrected chi connectivity index (χ3v) is 7.90. The minimum atomic E-state index is -4.07. The molecule has 0 bridgehead atoms. The van der Waals surface area contributed by atoms with E-state index in [2.05, 4.69) is 37.8 Å². The van der Waals surface area contributed by atoms with E-state index in [4.69, 9.17) is 9.32 Å². The fourth-order valence-electron chi connectivity index (χ4n) is 6.35. The zero-order valence-electron chi connectivity index (χ0n) is 16.9. The molecule has 0 heterocycles. The number of rotatable bonds is 2. The van der Waals surface area contributed by atoms with E-state index in [1.165, 1.54) is 36.8 Å². The van der Waals surface area contributed by atoms with Crippen LogP contribution in [0.15, 0.2) is 23.8 Å². The summed E-state index contributed by atoms with van der Waals surface area (Å²) in [4.78, 5) is 0. The zero-order chi connectivity index (χ0) is 20.1. The van der Waals surface area contributed by atoms with Gasteiger partial charge >= 0.3 is 10.3 Å². The van der Waals surface area contributed by atoms with E-state index >= 15 is 0 Å². The highest BCUT2D eigenvalue weighted by atomic mass is 32.2. The Kier molecular flexibility index (Phi) is 4.84. The zero-order valence-corrected chi connectivity index (χ0v) is 17.7. The summed E-state index contributed by atoms with van der Waals surface area (Å²) in [6, 6.07) is 3.92. The highest BCUT2D eigenvalue weighted by Crippen LogP contribution is 2.62. The number of aryl methyl sites for hydroxylation is 1. The van der Waals surface area contributed by atoms with E-state index in [0.29, 0.717) is 22.8 Å². The summed E-state index contributed by atoms with van der Waals surface area (Å²) in [7, 11) is -4.07. The molecular formula is C23H29NO3S. The average molecular weight is 400 g/mol. The van der Waals surface area contributed by atoms with E-state index in [1.807, 2.05) is 6.07 Å². The van der Waals surface area contributed by atoms with Crippen LogP contribution in [0, 0.1) is 29.1 Å². The van der Waals surface area contributed by atoms with E-state index in [0.717, 1.165) is 18.8 Å². The average Bonchev–Trinajstić information content (AvgIpc) is 2.97. The van der Waals surface area contributed by atoms with Gasteiger partial charge in [-0.3, -0.25) is 0 Å². The summed E-state index contributed by atoms with van der Waals surface area (Å²) in [6.45, 7) is 6.41. The van der Waals surface area contributed by atoms with Gasteiger partial charge in [-0.15, -0.1) is 5.92 Å². The van der Waals surface area contributed by atoms with E-state index < -0.39 is 10.3 Å². The van der Waals surface area contributed by atoms with E-state index in [1.54, 1.807) is 12.5 Å². The van der Waals surface area contributed by atoms with E-state index in [9.17, 15) is 8.42 Å². The lowest BCUT2D eigenvalue weighted by Gasteiger charge is -2.49. The fraction of sp³-hybridized carbons (Fsp3) is 0.565. The predicted octanol–water partition coefficient (Wildman–Crippen LogP) is 4.44. The summed E-state index contributed by atoms with van der Waals surface area (Å²) < 4.78 is 28.0. The Bertz CT molecular complexity index is 999. The van der Waals surface area contributed by atoms with Crippen molar-refractivity contribution in [2.24, 2.45) is 22.4 Å². The van der Waals surface area contributed by atoms with Crippen LogP contribution in [-0.4, -0.2) is 8.42 Å². The molecule has 4 nitrogen and oxygen atoms in total. The first-order valence-electron chi connectivity index (χ1n) is 10.2. The Labute approximate surface area is 168 Å². The van der Waals surface area contributed by atoms with Crippen molar-refractivity contribution < 1.29 is 12.6 Å². The Morgan fingerprint density at radius 1 is 1.25 bits per heavy atom. The van der Waals surface area contributed by atoms with Gasteiger partial charge in [0.05, 0.1) is 5.56 Å². The number of fused-ring (bicyclic) bond motifs is 5. The number of benzene rings is 1. The second-order valence-corrected chi connectivity index (χ2v) is 9.87. The first kappa shape index (κ1) is 19.5. The monoisotopic (exact) mass is 399 g/mol. The van der Waals surface area contributed by atoms with Gasteiger partial charge in [0.2, 0.25) is 0 Å². The Morgan fingerprint density at radius 3 is 2.71 bits per heavy atom. The molecule has 5 heteroatoms. The fourth-order valence-corrected chi connectivity index (χ4v) is 6.74. The first-order valence-corrected chi connectivity index (χ1v) is 11.7. The van der Waals surface area contributed by atoms with Crippen molar-refractivity contribution >= 4 is 10.3 Å². The van der Waals surface area contributed by atoms with Crippen molar-refractivity contribution in [1.82, 2.24) is 0 Å². The van der Waals surface area contributed by atoms with Crippen LogP contribution in [0.1, 0.15) is 75.5 Å². The lowest BCUT2D eigenvalue weighted by atomic mass is 9.55. The first-order chi connectivity index (χ1) is 13.3. The van der Waals surface area contributed by atoms with Gasteiger partial charge in [-0.25, -0.2) is 0 Å². The van der Waals surface area contributed by atoms with Gasteiger partial charge in [0.1, 0.15) is 0 Å². The Hall–Kier alpha value is -1.77. The van der Waals surface area contributed by atoms with Crippen LogP contribution in [0.3, 0.4) is 0 Å². The maximum absolute atomic E-state index is 11.5. The van der Waals surface area contributed by atoms with Crippen LogP contribution < -0.4 is 9.32 Å². The van der Waals surface area contributed by atoms with Crippen LogP contribution >= 0.6 is 0 Å². The largest absolute Gasteiger partial charge is 0.380 e. The molecule has 3 aliphatic carbocycles. The lowest BCUT2D eigenvalue weighted by Crippen LogP contribution is -2.40. The third-order valence-electron chi connectivity index (χ3n) is 7.49. The van der Waals surface area contributed by atoms with Crippen LogP contribution in [-0.2, 0) is 16.7 Å². The SMILES string of the molecule is CC#Cc1cc2c(cc1OS(N)(=O)=O)CCC1C2CCC2(C)/C(=C\C)CCC12. The number of allylic oxidation sites excluding steroid dienone is 2. The molecule has 1 aromatic carbocycles. The third kappa shape index (κ3) is 3.17. The summed E-state index contributed by atoms with van der Waals surface area (Å²) >= 11 is 0. The van der Waals surface area contributed by atoms with Gasteiger partial charge in [0, 0.05) is 0 Å². The van der Waals surface area contributed by atoms with Crippen LogP contribution in [0.5, 0.6) is 5.75 Å². The van der Waals surface area contributed by atoms with Gasteiger partial charge in [0.15, 0.2) is 5.75 Å². The molecule has 0 aromatic heterocycles. The highest BCUT2D eigenvalue weighted by molar-refractivity contribution is 7.84. The molecule has 28 heavy (non-hydrogen) atoms. The highest BCUT2D eigenvalue weighted by Gasteiger charge is 2.52. The van der Waals surface area contributed by atoms with Crippen molar-refractivity contribution in [3.63, 3.8) is 0 Å². The molecule has 4 atom stereocenters. The number of nitrogens with two attached hydrogens (primary N) is 1. The van der Waals surface area contributed by atoms with Gasteiger partial charge in [0.25, 0.3) is 0 Å². The molecule has 0 radical (unpaired) electrons. The molecule has 2 saturated carbocycles. The van der Waals surface area contributed by atoms with Crippen molar-refractivity contribution in [2.45, 2.75) is 65.2 Å².